The van der Waals surface area contributed by atoms with E-state index in [0.29, 0.717) is 0 Å². The van der Waals surface area contributed by atoms with Crippen LogP contribution in [0.3, 0.4) is 0 Å². The van der Waals surface area contributed by atoms with E-state index in [1.807, 2.05) is 12.1 Å². The summed E-state index contributed by atoms with van der Waals surface area (Å²) in [5.74, 6) is -0.210. The molecule has 0 aliphatic carbocycles. The van der Waals surface area contributed by atoms with Crippen LogP contribution >= 0.6 is 28.1 Å². The minimum Gasteiger partial charge on any atom is -0.295 e. The lowest BCUT2D eigenvalue weighted by molar-refractivity contribution is 0.628. The average molecular weight is 339 g/mol. The van der Waals surface area contributed by atoms with Gasteiger partial charge in [0.2, 0.25) is 0 Å². The van der Waals surface area contributed by atoms with Gasteiger partial charge in [-0.1, -0.05) is 28.1 Å². The number of para-hydroxylation sites is 2. The predicted molar refractivity (Wildman–Crippen MR) is 83.7 cm³/mol. The van der Waals surface area contributed by atoms with E-state index in [1.54, 1.807) is 24.3 Å². The second-order valence-corrected chi connectivity index (χ2v) is 5.89. The highest BCUT2D eigenvalue weighted by Gasteiger charge is 2.27. The Bertz CT molecular complexity index is 576. The van der Waals surface area contributed by atoms with Crippen LogP contribution in [0.4, 0.5) is 21.5 Å². The minimum absolute atomic E-state index is 0.210. The Morgan fingerprint density at radius 3 is 2.37 bits per heavy atom. The average Bonchev–Trinajstić information content (AvgIpc) is 2.80. The molecule has 0 atom stereocenters. The van der Waals surface area contributed by atoms with E-state index >= 15 is 0 Å². The molecule has 5 heteroatoms. The third-order valence-corrected chi connectivity index (χ3v) is 4.40. The SMILES string of the molecule is Fc1ccc(N2SN(CCBr)c3ccccc32)cc1. The summed E-state index contributed by atoms with van der Waals surface area (Å²) in [6.45, 7) is 0.916. The fourth-order valence-electron chi connectivity index (χ4n) is 2.03. The molecule has 0 saturated heterocycles. The fraction of sp³-hybridized carbons (Fsp3) is 0.143. The Hall–Kier alpha value is -1.20. The monoisotopic (exact) mass is 338 g/mol. The van der Waals surface area contributed by atoms with Crippen molar-refractivity contribution >= 4 is 45.1 Å². The standard InChI is InChI=1S/C14H12BrFN2S/c15-9-10-17-13-3-1-2-4-14(13)18(19-17)12-7-5-11(16)6-8-12/h1-8H,9-10H2. The van der Waals surface area contributed by atoms with Gasteiger partial charge in [0.25, 0.3) is 0 Å². The zero-order valence-corrected chi connectivity index (χ0v) is 12.5. The summed E-state index contributed by atoms with van der Waals surface area (Å²) in [7, 11) is 0. The van der Waals surface area contributed by atoms with E-state index < -0.39 is 0 Å². The summed E-state index contributed by atoms with van der Waals surface area (Å²) >= 11 is 5.11. The van der Waals surface area contributed by atoms with Crippen LogP contribution in [-0.2, 0) is 0 Å². The van der Waals surface area contributed by atoms with Gasteiger partial charge in [-0.25, -0.2) is 4.39 Å². The molecule has 0 amide bonds. The first kappa shape index (κ1) is 12.8. The van der Waals surface area contributed by atoms with Crippen molar-refractivity contribution in [1.29, 1.82) is 0 Å². The highest BCUT2D eigenvalue weighted by molar-refractivity contribution is 9.09. The number of benzene rings is 2. The highest BCUT2D eigenvalue weighted by atomic mass is 79.9. The lowest BCUT2D eigenvalue weighted by atomic mass is 10.2. The summed E-state index contributed by atoms with van der Waals surface area (Å²) in [6.07, 6.45) is 0. The van der Waals surface area contributed by atoms with E-state index in [1.165, 1.54) is 17.8 Å². The Morgan fingerprint density at radius 1 is 1.00 bits per heavy atom. The van der Waals surface area contributed by atoms with Crippen LogP contribution in [0.1, 0.15) is 0 Å². The van der Waals surface area contributed by atoms with Gasteiger partial charge in [0.15, 0.2) is 0 Å². The van der Waals surface area contributed by atoms with E-state index in [0.717, 1.165) is 23.2 Å². The minimum atomic E-state index is -0.210. The molecule has 1 aliphatic rings. The van der Waals surface area contributed by atoms with Crippen LogP contribution < -0.4 is 8.61 Å². The molecule has 19 heavy (non-hydrogen) atoms. The van der Waals surface area contributed by atoms with Crippen molar-refractivity contribution in [2.75, 3.05) is 20.5 Å². The molecule has 0 spiro atoms. The number of hydrogen-bond acceptors (Lipinski definition) is 3. The number of halogens is 2. The summed E-state index contributed by atoms with van der Waals surface area (Å²) in [5, 5.41) is 0.908. The van der Waals surface area contributed by atoms with Crippen LogP contribution in [0, 0.1) is 5.82 Å². The second-order valence-electron chi connectivity index (χ2n) is 4.13. The first-order chi connectivity index (χ1) is 9.29. The quantitative estimate of drug-likeness (QED) is 0.589. The van der Waals surface area contributed by atoms with E-state index in [4.69, 9.17) is 0 Å². The maximum atomic E-state index is 13.0. The van der Waals surface area contributed by atoms with Crippen molar-refractivity contribution < 1.29 is 4.39 Å². The maximum absolute atomic E-state index is 13.0. The fourth-order valence-corrected chi connectivity index (χ4v) is 3.69. The molecule has 3 rings (SSSR count). The number of alkyl halides is 1. The Morgan fingerprint density at radius 2 is 1.68 bits per heavy atom. The van der Waals surface area contributed by atoms with Crippen molar-refractivity contribution in [2.24, 2.45) is 0 Å². The van der Waals surface area contributed by atoms with Gasteiger partial charge in [0, 0.05) is 11.9 Å². The zero-order chi connectivity index (χ0) is 13.2. The van der Waals surface area contributed by atoms with Crippen LogP contribution in [0.15, 0.2) is 48.5 Å². The Balaban J connectivity index is 1.98. The lowest BCUT2D eigenvalue weighted by Gasteiger charge is -2.18. The van der Waals surface area contributed by atoms with Crippen LogP contribution in [0.25, 0.3) is 0 Å². The van der Waals surface area contributed by atoms with E-state index in [9.17, 15) is 4.39 Å². The molecule has 0 N–H and O–H groups in total. The first-order valence-electron chi connectivity index (χ1n) is 5.96. The van der Waals surface area contributed by atoms with Gasteiger partial charge in [-0.3, -0.25) is 8.61 Å². The predicted octanol–water partition coefficient (Wildman–Crippen LogP) is 4.74. The smallest absolute Gasteiger partial charge is 0.123 e. The molecular weight excluding hydrogens is 327 g/mol. The van der Waals surface area contributed by atoms with Gasteiger partial charge in [0.05, 0.1) is 29.2 Å². The second kappa shape index (κ2) is 5.43. The Labute approximate surface area is 124 Å². The molecule has 2 aromatic carbocycles. The number of anilines is 3. The first-order valence-corrected chi connectivity index (χ1v) is 7.81. The molecule has 0 bridgehead atoms. The largest absolute Gasteiger partial charge is 0.295 e. The summed E-state index contributed by atoms with van der Waals surface area (Å²) in [4.78, 5) is 0. The third kappa shape index (κ3) is 2.44. The van der Waals surface area contributed by atoms with Crippen molar-refractivity contribution in [3.8, 4) is 0 Å². The van der Waals surface area contributed by atoms with Crippen molar-refractivity contribution in [2.45, 2.75) is 0 Å². The molecule has 98 valence electrons. The highest BCUT2D eigenvalue weighted by Crippen LogP contribution is 2.48. The molecular formula is C14H12BrFN2S. The van der Waals surface area contributed by atoms with Gasteiger partial charge >= 0.3 is 0 Å². The van der Waals surface area contributed by atoms with Gasteiger partial charge in [-0.05, 0) is 36.4 Å². The normalized spacial score (nSPS) is 13.8. The van der Waals surface area contributed by atoms with Crippen molar-refractivity contribution in [1.82, 2.24) is 0 Å². The molecule has 2 nitrogen and oxygen atoms in total. The van der Waals surface area contributed by atoms with Crippen molar-refractivity contribution in [3.63, 3.8) is 0 Å². The number of nitrogens with zero attached hydrogens (tertiary/aromatic N) is 2. The molecule has 1 aliphatic heterocycles. The molecule has 2 aromatic rings. The summed E-state index contributed by atoms with van der Waals surface area (Å²) in [5.41, 5.74) is 3.31. The summed E-state index contributed by atoms with van der Waals surface area (Å²) < 4.78 is 17.4. The molecule has 0 saturated carbocycles. The summed E-state index contributed by atoms with van der Waals surface area (Å²) in [6, 6.07) is 14.8. The molecule has 1 heterocycles. The Kier molecular flexibility index (Phi) is 3.66. The van der Waals surface area contributed by atoms with Crippen LogP contribution in [-0.4, -0.2) is 11.9 Å². The number of hydrogen-bond donors (Lipinski definition) is 0. The topological polar surface area (TPSA) is 6.48 Å². The van der Waals surface area contributed by atoms with Crippen molar-refractivity contribution in [3.05, 3.63) is 54.3 Å². The van der Waals surface area contributed by atoms with Gasteiger partial charge in [0.1, 0.15) is 5.82 Å². The van der Waals surface area contributed by atoms with E-state index in [2.05, 4.69) is 36.7 Å². The molecule has 0 unspecified atom stereocenters. The number of rotatable bonds is 3. The van der Waals surface area contributed by atoms with Gasteiger partial charge in [-0.15, -0.1) is 0 Å². The molecule has 0 aromatic heterocycles. The van der Waals surface area contributed by atoms with Crippen LogP contribution in [0.2, 0.25) is 0 Å². The van der Waals surface area contributed by atoms with E-state index in [-0.39, 0.29) is 5.82 Å². The van der Waals surface area contributed by atoms with Gasteiger partial charge in [-0.2, -0.15) is 0 Å². The maximum Gasteiger partial charge on any atom is 0.123 e. The molecule has 0 radical (unpaired) electrons. The zero-order valence-electron chi connectivity index (χ0n) is 10.1. The molecule has 0 fully saturated rings. The number of fused-ring (bicyclic) bond motifs is 1. The van der Waals surface area contributed by atoms with Crippen LogP contribution in [0.5, 0.6) is 0 Å². The lowest BCUT2D eigenvalue weighted by Crippen LogP contribution is -2.15. The third-order valence-electron chi connectivity index (χ3n) is 2.90. The van der Waals surface area contributed by atoms with Gasteiger partial charge < -0.3 is 0 Å².